The van der Waals surface area contributed by atoms with Crippen LogP contribution in [0, 0.1) is 5.92 Å². The van der Waals surface area contributed by atoms with E-state index in [2.05, 4.69) is 73.8 Å². The van der Waals surface area contributed by atoms with E-state index < -0.39 is 0 Å². The average molecular weight is 384 g/mol. The van der Waals surface area contributed by atoms with Crippen LogP contribution in [0.15, 0.2) is 29.3 Å². The molecule has 0 aliphatic carbocycles. The monoisotopic (exact) mass is 383 g/mol. The van der Waals surface area contributed by atoms with Crippen molar-refractivity contribution in [2.75, 3.05) is 18.0 Å². The molecule has 1 aliphatic rings. The van der Waals surface area contributed by atoms with Crippen LogP contribution in [0.2, 0.25) is 0 Å². The molecule has 0 N–H and O–H groups in total. The summed E-state index contributed by atoms with van der Waals surface area (Å²) < 4.78 is 1.76. The summed E-state index contributed by atoms with van der Waals surface area (Å²) in [6.07, 6.45) is 3.79. The highest BCUT2D eigenvalue weighted by molar-refractivity contribution is 5.38. The number of hydrogen-bond acceptors (Lipinski definition) is 5. The Bertz CT molecular complexity index is 850. The van der Waals surface area contributed by atoms with Crippen molar-refractivity contribution in [3.8, 4) is 0 Å². The van der Waals surface area contributed by atoms with Crippen molar-refractivity contribution in [3.05, 3.63) is 46.3 Å². The Morgan fingerprint density at radius 2 is 1.61 bits per heavy atom. The largest absolute Gasteiger partial charge is 0.355 e. The number of anilines is 1. The molecule has 6 heteroatoms. The molecule has 28 heavy (non-hydrogen) atoms. The molecular formula is C22H33N5O. The summed E-state index contributed by atoms with van der Waals surface area (Å²) in [6, 6.07) is 5.84. The molecule has 0 aromatic carbocycles. The summed E-state index contributed by atoms with van der Waals surface area (Å²) in [5.41, 5.74) is 1.82. The summed E-state index contributed by atoms with van der Waals surface area (Å²) in [5.74, 6) is 1.43. The van der Waals surface area contributed by atoms with Crippen molar-refractivity contribution >= 4 is 5.82 Å². The molecule has 6 nitrogen and oxygen atoms in total. The van der Waals surface area contributed by atoms with Gasteiger partial charge in [-0.3, -0.25) is 9.36 Å². The Morgan fingerprint density at radius 3 is 2.11 bits per heavy atom. The summed E-state index contributed by atoms with van der Waals surface area (Å²) in [6.45, 7) is 15.3. The fourth-order valence-electron chi connectivity index (χ4n) is 3.49. The van der Waals surface area contributed by atoms with Crippen LogP contribution in [0.4, 0.5) is 5.82 Å². The van der Waals surface area contributed by atoms with Gasteiger partial charge in [0, 0.05) is 36.5 Å². The number of rotatable bonds is 3. The molecule has 0 saturated carbocycles. The third-order valence-corrected chi connectivity index (χ3v) is 5.46. The smallest absolute Gasteiger partial charge is 0.253 e. The van der Waals surface area contributed by atoms with Gasteiger partial charge >= 0.3 is 0 Å². The van der Waals surface area contributed by atoms with Crippen molar-refractivity contribution < 1.29 is 0 Å². The van der Waals surface area contributed by atoms with Crippen LogP contribution in [-0.2, 0) is 17.4 Å². The van der Waals surface area contributed by atoms with Crippen LogP contribution in [0.5, 0.6) is 0 Å². The van der Waals surface area contributed by atoms with Crippen molar-refractivity contribution in [3.63, 3.8) is 0 Å². The van der Waals surface area contributed by atoms with Crippen molar-refractivity contribution in [1.82, 2.24) is 19.7 Å². The number of aromatic nitrogens is 4. The molecule has 0 atom stereocenters. The Hall–Kier alpha value is -2.24. The molecular weight excluding hydrogens is 350 g/mol. The van der Waals surface area contributed by atoms with Gasteiger partial charge in [0.25, 0.3) is 5.56 Å². The minimum atomic E-state index is -0.104. The molecule has 0 bridgehead atoms. The fourth-order valence-corrected chi connectivity index (χ4v) is 3.49. The molecule has 0 radical (unpaired) electrons. The molecule has 3 heterocycles. The number of hydrogen-bond donors (Lipinski definition) is 0. The Balaban J connectivity index is 1.59. The first-order chi connectivity index (χ1) is 13.0. The first-order valence-electron chi connectivity index (χ1n) is 10.2. The zero-order chi connectivity index (χ0) is 20.5. The standard InChI is InChI=1S/C22H33N5O/c1-21(2,3)17-7-8-19(25-24-17)26-11-9-16(10-12-26)14-27-15-23-18(13-20(27)28)22(4,5)6/h7-8,13,15-16H,9-12,14H2,1-6H3. The molecule has 0 amide bonds. The topological polar surface area (TPSA) is 63.9 Å². The van der Waals surface area contributed by atoms with E-state index in [4.69, 9.17) is 0 Å². The quantitative estimate of drug-likeness (QED) is 0.811. The minimum Gasteiger partial charge on any atom is -0.355 e. The molecule has 1 saturated heterocycles. The van der Waals surface area contributed by atoms with Gasteiger partial charge in [0.15, 0.2) is 5.82 Å². The predicted octanol–water partition coefficient (Wildman–Crippen LogP) is 3.54. The van der Waals surface area contributed by atoms with Gasteiger partial charge in [-0.15, -0.1) is 5.10 Å². The van der Waals surface area contributed by atoms with Crippen molar-refractivity contribution in [1.29, 1.82) is 0 Å². The first kappa shape index (κ1) is 20.5. The first-order valence-corrected chi connectivity index (χ1v) is 10.2. The Kier molecular flexibility index (Phi) is 5.60. The van der Waals surface area contributed by atoms with Gasteiger partial charge in [-0.05, 0) is 30.9 Å². The maximum Gasteiger partial charge on any atom is 0.253 e. The number of piperidine rings is 1. The summed E-state index contributed by atoms with van der Waals surface area (Å²) in [4.78, 5) is 19.2. The maximum atomic E-state index is 12.5. The zero-order valence-electron chi connectivity index (χ0n) is 18.1. The van der Waals surface area contributed by atoms with Gasteiger partial charge in [-0.1, -0.05) is 41.5 Å². The lowest BCUT2D eigenvalue weighted by Crippen LogP contribution is -2.37. The van der Waals surface area contributed by atoms with E-state index in [0.717, 1.165) is 49.7 Å². The van der Waals surface area contributed by atoms with Crippen LogP contribution in [0.3, 0.4) is 0 Å². The van der Waals surface area contributed by atoms with Crippen LogP contribution in [0.1, 0.15) is 65.8 Å². The lowest BCUT2D eigenvalue weighted by Gasteiger charge is -2.33. The highest BCUT2D eigenvalue weighted by Crippen LogP contribution is 2.25. The minimum absolute atomic E-state index is 0.0162. The highest BCUT2D eigenvalue weighted by Gasteiger charge is 2.23. The third-order valence-electron chi connectivity index (χ3n) is 5.46. The Morgan fingerprint density at radius 1 is 0.964 bits per heavy atom. The molecule has 2 aromatic heterocycles. The van der Waals surface area contributed by atoms with E-state index in [0.29, 0.717) is 5.92 Å². The highest BCUT2D eigenvalue weighted by atomic mass is 16.1. The van der Waals surface area contributed by atoms with Crippen LogP contribution >= 0.6 is 0 Å². The van der Waals surface area contributed by atoms with Gasteiger partial charge in [0.05, 0.1) is 17.7 Å². The van der Waals surface area contributed by atoms with Crippen molar-refractivity contribution in [2.45, 2.75) is 71.8 Å². The van der Waals surface area contributed by atoms with Gasteiger partial charge in [0.2, 0.25) is 0 Å². The molecule has 1 aliphatic heterocycles. The average Bonchev–Trinajstić information content (AvgIpc) is 2.62. The van der Waals surface area contributed by atoms with Gasteiger partial charge < -0.3 is 4.90 Å². The van der Waals surface area contributed by atoms with Gasteiger partial charge in [-0.2, -0.15) is 5.10 Å². The zero-order valence-corrected chi connectivity index (χ0v) is 18.1. The molecule has 1 fully saturated rings. The van der Waals surface area contributed by atoms with Crippen molar-refractivity contribution in [2.24, 2.45) is 5.92 Å². The SMILES string of the molecule is CC(C)(C)c1cc(=O)n(CC2CCN(c3ccc(C(C)(C)C)nn3)CC2)cn1. The van der Waals surface area contributed by atoms with Crippen LogP contribution < -0.4 is 10.5 Å². The second kappa shape index (κ2) is 7.64. The molecule has 152 valence electrons. The predicted molar refractivity (Wildman–Crippen MR) is 113 cm³/mol. The van der Waals surface area contributed by atoms with E-state index >= 15 is 0 Å². The third kappa shape index (κ3) is 4.78. The summed E-state index contributed by atoms with van der Waals surface area (Å²) in [7, 11) is 0. The van der Waals surface area contributed by atoms with E-state index in [1.807, 2.05) is 0 Å². The van der Waals surface area contributed by atoms with E-state index in [-0.39, 0.29) is 16.4 Å². The lowest BCUT2D eigenvalue weighted by atomic mass is 9.92. The summed E-state index contributed by atoms with van der Waals surface area (Å²) >= 11 is 0. The van der Waals surface area contributed by atoms with E-state index in [1.165, 1.54) is 0 Å². The van der Waals surface area contributed by atoms with E-state index in [1.54, 1.807) is 17.0 Å². The fraction of sp³-hybridized carbons (Fsp3) is 0.636. The second-order valence-corrected chi connectivity index (χ2v) is 9.97. The molecule has 2 aromatic rings. The molecule has 0 spiro atoms. The summed E-state index contributed by atoms with van der Waals surface area (Å²) in [5, 5.41) is 8.84. The van der Waals surface area contributed by atoms with Gasteiger partial charge in [0.1, 0.15) is 0 Å². The van der Waals surface area contributed by atoms with Crippen LogP contribution in [0.25, 0.3) is 0 Å². The maximum absolute atomic E-state index is 12.5. The second-order valence-electron chi connectivity index (χ2n) is 9.97. The van der Waals surface area contributed by atoms with E-state index in [9.17, 15) is 4.79 Å². The number of nitrogens with zero attached hydrogens (tertiary/aromatic N) is 5. The van der Waals surface area contributed by atoms with Gasteiger partial charge in [-0.25, -0.2) is 4.98 Å². The molecule has 0 unspecified atom stereocenters. The molecule has 3 rings (SSSR count). The lowest BCUT2D eigenvalue weighted by molar-refractivity contribution is 0.348. The normalized spacial score (nSPS) is 16.4. The Labute approximate surface area is 168 Å². The van der Waals surface area contributed by atoms with Crippen LogP contribution in [-0.4, -0.2) is 32.8 Å².